The monoisotopic (exact) mass is 248 g/mol. The van der Waals surface area contributed by atoms with Crippen molar-refractivity contribution in [3.8, 4) is 0 Å². The molecule has 2 N–H and O–H groups in total. The fourth-order valence-corrected chi connectivity index (χ4v) is 4.29. The molecule has 98 valence electrons. The van der Waals surface area contributed by atoms with Gasteiger partial charge in [0.2, 0.25) is 0 Å². The summed E-state index contributed by atoms with van der Waals surface area (Å²) in [5, 5.41) is 11.0. The van der Waals surface area contributed by atoms with Gasteiger partial charge in [-0.05, 0) is 45.6 Å². The minimum absolute atomic E-state index is 0.0218. The zero-order chi connectivity index (χ0) is 12.5. The number of rotatable bonds is 1. The Kier molecular flexibility index (Phi) is 1.95. The molecule has 4 fully saturated rings. The topological polar surface area (TPSA) is 59.4 Å². The smallest absolute Gasteiger partial charge is 0.309 e. The summed E-state index contributed by atoms with van der Waals surface area (Å²) >= 11 is 0. The number of hydrogen-bond donors (Lipinski definition) is 2. The Morgan fingerprint density at radius 2 is 1.72 bits per heavy atom. The molecule has 1 aliphatic carbocycles. The molecule has 2 amide bonds. The largest absolute Gasteiger partial charge is 0.323 e. The average molecular weight is 248 g/mol. The fraction of sp³-hybridized carbons (Fsp3) is 0.846. The normalized spacial score (nSPS) is 43.9. The highest BCUT2D eigenvalue weighted by Crippen LogP contribution is 2.48. The van der Waals surface area contributed by atoms with Gasteiger partial charge in [-0.3, -0.25) is 10.7 Å². The molecule has 3 aliphatic heterocycles. The highest BCUT2D eigenvalue weighted by atomic mass is 16.2. The van der Waals surface area contributed by atoms with Crippen molar-refractivity contribution >= 4 is 11.9 Å². The molecule has 2 bridgehead atoms. The fourth-order valence-electron chi connectivity index (χ4n) is 4.29. The molecule has 0 radical (unpaired) electrons. The Morgan fingerprint density at radius 1 is 1.17 bits per heavy atom. The molecule has 1 spiro atoms. The van der Waals surface area contributed by atoms with E-state index in [1.807, 2.05) is 4.90 Å². The van der Waals surface area contributed by atoms with Gasteiger partial charge in [0, 0.05) is 18.1 Å². The van der Waals surface area contributed by atoms with Gasteiger partial charge in [0.05, 0.1) is 0 Å². The molecule has 3 heterocycles. The first-order valence-corrected chi connectivity index (χ1v) is 7.03. The van der Waals surface area contributed by atoms with Gasteiger partial charge in [-0.2, -0.15) is 0 Å². The van der Waals surface area contributed by atoms with Crippen LogP contribution in [-0.2, 0) is 0 Å². The number of amidine groups is 1. The minimum Gasteiger partial charge on any atom is -0.309 e. The van der Waals surface area contributed by atoms with Crippen molar-refractivity contribution in [3.63, 3.8) is 0 Å². The predicted molar refractivity (Wildman–Crippen MR) is 67.7 cm³/mol. The number of fused-ring (bicyclic) bond motifs is 2. The second kappa shape index (κ2) is 3.26. The predicted octanol–water partition coefficient (Wildman–Crippen LogP) is 1.15. The van der Waals surface area contributed by atoms with E-state index in [-0.39, 0.29) is 11.6 Å². The van der Waals surface area contributed by atoms with E-state index in [9.17, 15) is 4.79 Å². The highest BCUT2D eigenvalue weighted by molar-refractivity contribution is 6.08. The number of piperidine rings is 1. The number of nitrogens with zero attached hydrogens (tertiary/aromatic N) is 2. The van der Waals surface area contributed by atoms with Crippen LogP contribution in [0, 0.1) is 5.41 Å². The first-order valence-electron chi connectivity index (χ1n) is 7.03. The number of amides is 2. The molecular formula is C13H20N4O. The van der Waals surface area contributed by atoms with E-state index in [0.717, 1.165) is 25.7 Å². The van der Waals surface area contributed by atoms with Crippen molar-refractivity contribution in [2.75, 3.05) is 7.05 Å². The van der Waals surface area contributed by atoms with Crippen LogP contribution in [0.4, 0.5) is 4.79 Å². The molecule has 0 aromatic heterocycles. The van der Waals surface area contributed by atoms with Crippen LogP contribution >= 0.6 is 0 Å². The third-order valence-electron chi connectivity index (χ3n) is 5.42. The highest BCUT2D eigenvalue weighted by Gasteiger charge is 2.60. The Labute approximate surface area is 107 Å². The van der Waals surface area contributed by atoms with Crippen LogP contribution in [0.3, 0.4) is 0 Å². The average Bonchev–Trinajstić information content (AvgIpc) is 3.07. The molecule has 1 saturated carbocycles. The molecule has 2 unspecified atom stereocenters. The van der Waals surface area contributed by atoms with Gasteiger partial charge in [0.25, 0.3) is 0 Å². The molecule has 5 nitrogen and oxygen atoms in total. The van der Waals surface area contributed by atoms with Gasteiger partial charge in [-0.1, -0.05) is 0 Å². The molecule has 2 atom stereocenters. The van der Waals surface area contributed by atoms with Crippen molar-refractivity contribution in [1.29, 1.82) is 5.41 Å². The molecule has 0 aromatic rings. The van der Waals surface area contributed by atoms with Gasteiger partial charge >= 0.3 is 6.03 Å². The van der Waals surface area contributed by atoms with Gasteiger partial charge < -0.3 is 9.80 Å². The Hall–Kier alpha value is -1.10. The second-order valence-corrected chi connectivity index (χ2v) is 6.40. The van der Waals surface area contributed by atoms with Crippen LogP contribution in [0.5, 0.6) is 0 Å². The van der Waals surface area contributed by atoms with E-state index in [4.69, 9.17) is 5.41 Å². The molecule has 5 heteroatoms. The van der Waals surface area contributed by atoms with Crippen LogP contribution in [0.1, 0.15) is 38.5 Å². The first-order chi connectivity index (χ1) is 8.62. The third-order valence-corrected chi connectivity index (χ3v) is 5.42. The van der Waals surface area contributed by atoms with E-state index in [1.54, 1.807) is 0 Å². The van der Waals surface area contributed by atoms with E-state index >= 15 is 0 Å². The summed E-state index contributed by atoms with van der Waals surface area (Å²) < 4.78 is 0. The van der Waals surface area contributed by atoms with E-state index < -0.39 is 0 Å². The van der Waals surface area contributed by atoms with Crippen LogP contribution in [0.15, 0.2) is 0 Å². The van der Waals surface area contributed by atoms with Gasteiger partial charge in [0.15, 0.2) is 0 Å². The molecular weight excluding hydrogens is 228 g/mol. The van der Waals surface area contributed by atoms with Crippen LogP contribution in [0.25, 0.3) is 0 Å². The van der Waals surface area contributed by atoms with Crippen molar-refractivity contribution < 1.29 is 4.79 Å². The molecule has 18 heavy (non-hydrogen) atoms. The van der Waals surface area contributed by atoms with Gasteiger partial charge in [0.1, 0.15) is 11.4 Å². The van der Waals surface area contributed by atoms with E-state index in [1.165, 1.54) is 12.8 Å². The molecule has 4 rings (SSSR count). The summed E-state index contributed by atoms with van der Waals surface area (Å²) in [6.07, 6.45) is 6.59. The lowest BCUT2D eigenvalue weighted by Crippen LogP contribution is -2.59. The lowest BCUT2D eigenvalue weighted by atomic mass is 9.81. The maximum atomic E-state index is 12.1. The van der Waals surface area contributed by atoms with E-state index in [2.05, 4.69) is 17.3 Å². The van der Waals surface area contributed by atoms with Crippen molar-refractivity contribution in [1.82, 2.24) is 15.1 Å². The minimum atomic E-state index is -0.295. The van der Waals surface area contributed by atoms with Crippen LogP contribution in [-0.4, -0.2) is 52.4 Å². The van der Waals surface area contributed by atoms with Gasteiger partial charge in [-0.25, -0.2) is 4.79 Å². The maximum absolute atomic E-state index is 12.1. The molecule has 3 saturated heterocycles. The summed E-state index contributed by atoms with van der Waals surface area (Å²) in [5.74, 6) is 0.462. The summed E-state index contributed by atoms with van der Waals surface area (Å²) in [5.41, 5.74) is -0.295. The van der Waals surface area contributed by atoms with Crippen molar-refractivity contribution in [2.45, 2.75) is 62.2 Å². The lowest BCUT2D eigenvalue weighted by molar-refractivity contribution is 0.0667. The number of carbonyl (C=O) groups is 1. The van der Waals surface area contributed by atoms with Gasteiger partial charge in [-0.15, -0.1) is 0 Å². The second-order valence-electron chi connectivity index (χ2n) is 6.40. The van der Waals surface area contributed by atoms with E-state index in [0.29, 0.717) is 24.0 Å². The zero-order valence-electron chi connectivity index (χ0n) is 10.8. The standard InChI is InChI=1S/C13H20N4O/c1-16-9-4-5-10(16)7-13(6-9)11(14)15-12(18)17(13)8-2-3-8/h8-10H,2-7H2,1H3,(H2,14,15,18). The number of carbonyl (C=O) groups excluding carboxylic acids is 1. The lowest BCUT2D eigenvalue weighted by Gasteiger charge is -2.46. The Bertz CT molecular complexity index is 417. The summed E-state index contributed by atoms with van der Waals surface area (Å²) in [6, 6.07) is 1.48. The number of urea groups is 1. The number of nitrogens with one attached hydrogen (secondary N) is 2. The summed E-state index contributed by atoms with van der Waals surface area (Å²) in [4.78, 5) is 16.6. The maximum Gasteiger partial charge on any atom is 0.323 e. The molecule has 0 aromatic carbocycles. The third kappa shape index (κ3) is 1.20. The van der Waals surface area contributed by atoms with Crippen LogP contribution in [0.2, 0.25) is 0 Å². The Morgan fingerprint density at radius 3 is 2.28 bits per heavy atom. The zero-order valence-corrected chi connectivity index (χ0v) is 10.8. The Balaban J connectivity index is 1.73. The van der Waals surface area contributed by atoms with Crippen LogP contribution < -0.4 is 5.32 Å². The summed E-state index contributed by atoms with van der Waals surface area (Å²) in [6.45, 7) is 0. The number of hydrogen-bond acceptors (Lipinski definition) is 3. The summed E-state index contributed by atoms with van der Waals surface area (Å²) in [7, 11) is 2.20. The van der Waals surface area contributed by atoms with Crippen molar-refractivity contribution in [3.05, 3.63) is 0 Å². The van der Waals surface area contributed by atoms with Crippen molar-refractivity contribution in [2.24, 2.45) is 0 Å². The molecule has 4 aliphatic rings. The quantitative estimate of drug-likeness (QED) is 0.731. The first kappa shape index (κ1) is 10.8. The SMILES string of the molecule is CN1C2CCC1CC1(C2)C(=N)NC(=O)N1C1CC1.